The summed E-state index contributed by atoms with van der Waals surface area (Å²) in [6.07, 6.45) is 9.08. The molecule has 102 valence electrons. The number of aromatic nitrogens is 1. The van der Waals surface area contributed by atoms with Crippen molar-refractivity contribution < 1.29 is 4.79 Å². The highest BCUT2D eigenvalue weighted by Crippen LogP contribution is 2.36. The first-order chi connectivity index (χ1) is 9.27. The lowest BCUT2D eigenvalue weighted by Crippen LogP contribution is -2.39. The summed E-state index contributed by atoms with van der Waals surface area (Å²) in [6.45, 7) is 0.869. The summed E-state index contributed by atoms with van der Waals surface area (Å²) in [7, 11) is 0. The molecule has 2 heterocycles. The van der Waals surface area contributed by atoms with Crippen molar-refractivity contribution in [2.45, 2.75) is 44.6 Å². The fourth-order valence-corrected chi connectivity index (χ4v) is 3.63. The van der Waals surface area contributed by atoms with E-state index in [1.165, 1.54) is 25.7 Å². The molecule has 4 nitrogen and oxygen atoms in total. The number of amides is 1. The van der Waals surface area contributed by atoms with Gasteiger partial charge in [0.1, 0.15) is 5.82 Å². The van der Waals surface area contributed by atoms with Gasteiger partial charge in [0.25, 0.3) is 5.91 Å². The van der Waals surface area contributed by atoms with Gasteiger partial charge in [-0.25, -0.2) is 4.98 Å². The molecule has 0 bridgehead atoms. The van der Waals surface area contributed by atoms with Gasteiger partial charge in [-0.05, 0) is 43.7 Å². The Hall–Kier alpha value is -1.58. The summed E-state index contributed by atoms with van der Waals surface area (Å²) >= 11 is 0. The molecule has 1 saturated carbocycles. The molecule has 4 heteroatoms. The molecule has 1 aliphatic heterocycles. The fraction of sp³-hybridized carbons (Fsp3) is 0.600. The maximum atomic E-state index is 12.6. The van der Waals surface area contributed by atoms with E-state index in [-0.39, 0.29) is 5.91 Å². The van der Waals surface area contributed by atoms with Crippen LogP contribution in [0.4, 0.5) is 5.82 Å². The van der Waals surface area contributed by atoms with Crippen LogP contribution in [0.5, 0.6) is 0 Å². The van der Waals surface area contributed by atoms with Gasteiger partial charge >= 0.3 is 0 Å². The summed E-state index contributed by atoms with van der Waals surface area (Å²) in [5.41, 5.74) is 6.39. The van der Waals surface area contributed by atoms with E-state index in [9.17, 15) is 4.79 Å². The number of hydrogen-bond donors (Lipinski definition) is 1. The van der Waals surface area contributed by atoms with Crippen molar-refractivity contribution in [1.82, 2.24) is 9.88 Å². The molecule has 0 radical (unpaired) electrons. The number of carbonyl (C=O) groups excluding carboxylic acids is 1. The van der Waals surface area contributed by atoms with Crippen LogP contribution in [0.2, 0.25) is 0 Å². The molecule has 2 N–H and O–H groups in total. The smallest absolute Gasteiger partial charge is 0.257 e. The number of nitrogens with two attached hydrogens (primary N) is 1. The third-order valence-electron chi connectivity index (χ3n) is 4.57. The minimum absolute atomic E-state index is 0.0694. The van der Waals surface area contributed by atoms with Crippen molar-refractivity contribution in [3.8, 4) is 0 Å². The molecule has 1 amide bonds. The highest BCUT2D eigenvalue weighted by atomic mass is 16.2. The Kier molecular flexibility index (Phi) is 3.40. The molecule has 19 heavy (non-hydrogen) atoms. The largest absolute Gasteiger partial charge is 0.383 e. The topological polar surface area (TPSA) is 59.2 Å². The van der Waals surface area contributed by atoms with Crippen LogP contribution in [0.3, 0.4) is 0 Å². The van der Waals surface area contributed by atoms with E-state index >= 15 is 0 Å². The molecular formula is C15H21N3O. The minimum Gasteiger partial charge on any atom is -0.383 e. The number of carbonyl (C=O) groups is 1. The molecule has 3 rings (SSSR count). The Labute approximate surface area is 114 Å². The lowest BCUT2D eigenvalue weighted by molar-refractivity contribution is 0.0690. The summed E-state index contributed by atoms with van der Waals surface area (Å²) in [5.74, 6) is 1.12. The average molecular weight is 259 g/mol. The summed E-state index contributed by atoms with van der Waals surface area (Å²) in [6, 6.07) is 3.99. The van der Waals surface area contributed by atoms with Gasteiger partial charge in [-0.3, -0.25) is 4.79 Å². The first-order valence-electron chi connectivity index (χ1n) is 7.29. The van der Waals surface area contributed by atoms with Crippen molar-refractivity contribution in [1.29, 1.82) is 0 Å². The minimum atomic E-state index is 0.0694. The van der Waals surface area contributed by atoms with Gasteiger partial charge in [0, 0.05) is 18.8 Å². The Bertz CT molecular complexity index is 468. The first-order valence-corrected chi connectivity index (χ1v) is 7.29. The molecule has 2 fully saturated rings. The second-order valence-corrected chi connectivity index (χ2v) is 5.69. The van der Waals surface area contributed by atoms with E-state index in [2.05, 4.69) is 4.98 Å². The van der Waals surface area contributed by atoms with Crippen LogP contribution < -0.4 is 5.73 Å². The highest BCUT2D eigenvalue weighted by Gasteiger charge is 2.36. The first kappa shape index (κ1) is 12.5. The average Bonchev–Trinajstić information content (AvgIpc) is 3.09. The third-order valence-corrected chi connectivity index (χ3v) is 4.57. The Morgan fingerprint density at radius 1 is 1.26 bits per heavy atom. The van der Waals surface area contributed by atoms with E-state index in [4.69, 9.17) is 5.73 Å². The number of nitrogen functional groups attached to an aromatic ring is 1. The fourth-order valence-electron chi connectivity index (χ4n) is 3.63. The molecule has 0 spiro atoms. The van der Waals surface area contributed by atoms with Crippen LogP contribution in [0, 0.1) is 5.92 Å². The SMILES string of the molecule is Nc1ncccc1C(=O)N1CCCC1C1CCCC1. The number of likely N-dealkylation sites (tertiary alicyclic amines) is 1. The maximum Gasteiger partial charge on any atom is 0.257 e. The predicted molar refractivity (Wildman–Crippen MR) is 74.7 cm³/mol. The van der Waals surface area contributed by atoms with Crippen LogP contribution in [0.1, 0.15) is 48.9 Å². The summed E-state index contributed by atoms with van der Waals surface area (Å²) in [5, 5.41) is 0. The Balaban J connectivity index is 1.80. The van der Waals surface area contributed by atoms with Gasteiger partial charge in [-0.15, -0.1) is 0 Å². The van der Waals surface area contributed by atoms with E-state index in [1.807, 2.05) is 4.90 Å². The molecule has 1 atom stereocenters. The van der Waals surface area contributed by atoms with Crippen molar-refractivity contribution >= 4 is 11.7 Å². The Morgan fingerprint density at radius 3 is 2.79 bits per heavy atom. The lowest BCUT2D eigenvalue weighted by atomic mass is 9.95. The molecule has 1 aromatic heterocycles. The monoisotopic (exact) mass is 259 g/mol. The number of nitrogens with zero attached hydrogens (tertiary/aromatic N) is 2. The van der Waals surface area contributed by atoms with Crippen molar-refractivity contribution in [2.24, 2.45) is 5.92 Å². The van der Waals surface area contributed by atoms with Crippen LogP contribution in [-0.4, -0.2) is 28.4 Å². The molecular weight excluding hydrogens is 238 g/mol. The lowest BCUT2D eigenvalue weighted by Gasteiger charge is -2.29. The number of rotatable bonds is 2. The maximum absolute atomic E-state index is 12.6. The van der Waals surface area contributed by atoms with Gasteiger partial charge in [0.05, 0.1) is 5.56 Å². The van der Waals surface area contributed by atoms with Crippen LogP contribution in [0.25, 0.3) is 0 Å². The highest BCUT2D eigenvalue weighted by molar-refractivity contribution is 5.98. The van der Waals surface area contributed by atoms with E-state index < -0.39 is 0 Å². The number of anilines is 1. The zero-order valence-corrected chi connectivity index (χ0v) is 11.2. The molecule has 2 aliphatic rings. The third kappa shape index (κ3) is 2.31. The van der Waals surface area contributed by atoms with E-state index in [1.54, 1.807) is 18.3 Å². The van der Waals surface area contributed by atoms with E-state index in [0.717, 1.165) is 19.4 Å². The van der Waals surface area contributed by atoms with Crippen molar-refractivity contribution in [3.05, 3.63) is 23.9 Å². The second-order valence-electron chi connectivity index (χ2n) is 5.69. The van der Waals surface area contributed by atoms with Gasteiger partial charge in [-0.2, -0.15) is 0 Å². The quantitative estimate of drug-likeness (QED) is 0.887. The standard InChI is InChI=1S/C15H21N3O/c16-14-12(7-3-9-17-14)15(19)18-10-4-8-13(18)11-5-1-2-6-11/h3,7,9,11,13H,1-2,4-6,8,10H2,(H2,16,17). The van der Waals surface area contributed by atoms with E-state index in [0.29, 0.717) is 23.3 Å². The van der Waals surface area contributed by atoms with Crippen molar-refractivity contribution in [2.75, 3.05) is 12.3 Å². The normalized spacial score (nSPS) is 24.0. The summed E-state index contributed by atoms with van der Waals surface area (Å²) < 4.78 is 0. The Morgan fingerprint density at radius 2 is 2.05 bits per heavy atom. The second kappa shape index (κ2) is 5.19. The van der Waals surface area contributed by atoms with Gasteiger partial charge in [-0.1, -0.05) is 12.8 Å². The van der Waals surface area contributed by atoms with Crippen molar-refractivity contribution in [3.63, 3.8) is 0 Å². The van der Waals surface area contributed by atoms with Crippen LogP contribution >= 0.6 is 0 Å². The zero-order chi connectivity index (χ0) is 13.2. The molecule has 1 aliphatic carbocycles. The van der Waals surface area contributed by atoms with Gasteiger partial charge in [0.15, 0.2) is 0 Å². The van der Waals surface area contributed by atoms with Crippen LogP contribution in [-0.2, 0) is 0 Å². The molecule has 1 unspecified atom stereocenters. The van der Waals surface area contributed by atoms with Gasteiger partial charge in [0.2, 0.25) is 0 Å². The number of pyridine rings is 1. The molecule has 1 saturated heterocycles. The predicted octanol–water partition coefficient (Wildman–Crippen LogP) is 2.46. The summed E-state index contributed by atoms with van der Waals surface area (Å²) in [4.78, 5) is 18.7. The molecule has 1 aromatic rings. The molecule has 0 aromatic carbocycles. The number of hydrogen-bond acceptors (Lipinski definition) is 3. The zero-order valence-electron chi connectivity index (χ0n) is 11.2. The van der Waals surface area contributed by atoms with Crippen LogP contribution in [0.15, 0.2) is 18.3 Å². The van der Waals surface area contributed by atoms with Gasteiger partial charge < -0.3 is 10.6 Å².